The molecule has 1 atom stereocenters. The fraction of sp³-hybridized carbons (Fsp3) is 0.520. The Morgan fingerprint density at radius 1 is 1.09 bits per heavy atom. The van der Waals surface area contributed by atoms with Gasteiger partial charge >= 0.3 is 12.0 Å². The molecule has 8 heteroatoms. The molecule has 4 rings (SSSR count). The molecule has 1 aromatic heterocycles. The van der Waals surface area contributed by atoms with Gasteiger partial charge in [-0.25, -0.2) is 14.8 Å². The maximum Gasteiger partial charge on any atom is 0.325 e. The number of carbonyl (C=O) groups excluding carboxylic acids is 2. The van der Waals surface area contributed by atoms with Crippen molar-refractivity contribution in [1.82, 2.24) is 19.8 Å². The average Bonchev–Trinajstić information content (AvgIpc) is 3.13. The summed E-state index contributed by atoms with van der Waals surface area (Å²) in [7, 11) is 0. The SMILES string of the molecule is Cc1cc(C)nc(OC2CCCN(C(=O)CN3CCN(c4ccc(C(C)C)cc4)C3=O)C2)n1. The molecule has 3 heterocycles. The minimum atomic E-state index is -0.144. The third-order valence-electron chi connectivity index (χ3n) is 6.26. The summed E-state index contributed by atoms with van der Waals surface area (Å²) in [6, 6.07) is 10.2. The van der Waals surface area contributed by atoms with Crippen molar-refractivity contribution < 1.29 is 14.3 Å². The van der Waals surface area contributed by atoms with Gasteiger partial charge in [-0.2, -0.15) is 0 Å². The molecular formula is C25H33N5O3. The third-order valence-corrected chi connectivity index (χ3v) is 6.26. The fourth-order valence-electron chi connectivity index (χ4n) is 4.43. The van der Waals surface area contributed by atoms with Crippen molar-refractivity contribution >= 4 is 17.6 Å². The maximum absolute atomic E-state index is 13.0. The minimum absolute atomic E-state index is 0.0463. The van der Waals surface area contributed by atoms with Gasteiger partial charge in [0.2, 0.25) is 5.91 Å². The summed E-state index contributed by atoms with van der Waals surface area (Å²) in [6.07, 6.45) is 1.56. The van der Waals surface area contributed by atoms with Gasteiger partial charge in [0.1, 0.15) is 12.6 Å². The molecule has 2 fully saturated rings. The van der Waals surface area contributed by atoms with Crippen LogP contribution in [0.3, 0.4) is 0 Å². The summed E-state index contributed by atoms with van der Waals surface area (Å²) >= 11 is 0. The molecule has 2 aliphatic rings. The van der Waals surface area contributed by atoms with E-state index in [4.69, 9.17) is 4.74 Å². The number of likely N-dealkylation sites (tertiary alicyclic amines) is 1. The number of carbonyl (C=O) groups is 2. The zero-order chi connectivity index (χ0) is 23.5. The number of hydrogen-bond acceptors (Lipinski definition) is 5. The van der Waals surface area contributed by atoms with Gasteiger partial charge in [-0.15, -0.1) is 0 Å². The summed E-state index contributed by atoms with van der Waals surface area (Å²) in [6.45, 7) is 10.5. The van der Waals surface area contributed by atoms with Crippen LogP contribution in [0.15, 0.2) is 30.3 Å². The number of urea groups is 1. The minimum Gasteiger partial charge on any atom is -0.458 e. The fourth-order valence-corrected chi connectivity index (χ4v) is 4.43. The van der Waals surface area contributed by atoms with Crippen molar-refractivity contribution in [3.05, 3.63) is 47.3 Å². The van der Waals surface area contributed by atoms with Gasteiger partial charge in [0, 0.05) is 36.7 Å². The summed E-state index contributed by atoms with van der Waals surface area (Å²) < 4.78 is 5.98. The van der Waals surface area contributed by atoms with Gasteiger partial charge in [-0.1, -0.05) is 26.0 Å². The largest absolute Gasteiger partial charge is 0.458 e. The first-order valence-corrected chi connectivity index (χ1v) is 11.7. The van der Waals surface area contributed by atoms with Crippen molar-refractivity contribution in [3.8, 4) is 6.01 Å². The highest BCUT2D eigenvalue weighted by Crippen LogP contribution is 2.24. The quantitative estimate of drug-likeness (QED) is 0.671. The molecular weight excluding hydrogens is 418 g/mol. The van der Waals surface area contributed by atoms with E-state index in [1.165, 1.54) is 5.56 Å². The van der Waals surface area contributed by atoms with E-state index in [0.29, 0.717) is 38.1 Å². The topological polar surface area (TPSA) is 78.9 Å². The van der Waals surface area contributed by atoms with Crippen LogP contribution in [0.25, 0.3) is 0 Å². The smallest absolute Gasteiger partial charge is 0.325 e. The molecule has 176 valence electrons. The molecule has 0 aliphatic carbocycles. The molecule has 33 heavy (non-hydrogen) atoms. The van der Waals surface area contributed by atoms with Crippen LogP contribution in [0.1, 0.15) is 49.6 Å². The lowest BCUT2D eigenvalue weighted by Crippen LogP contribution is -2.48. The predicted octanol–water partition coefficient (Wildman–Crippen LogP) is 3.53. The third kappa shape index (κ3) is 5.43. The molecule has 0 bridgehead atoms. The number of nitrogens with zero attached hydrogens (tertiary/aromatic N) is 5. The molecule has 0 N–H and O–H groups in total. The molecule has 2 aliphatic heterocycles. The second-order valence-electron chi connectivity index (χ2n) is 9.26. The second kappa shape index (κ2) is 9.77. The number of benzene rings is 1. The van der Waals surface area contributed by atoms with Crippen LogP contribution in [0, 0.1) is 13.8 Å². The van der Waals surface area contributed by atoms with Crippen molar-refractivity contribution in [2.45, 2.75) is 52.6 Å². The molecule has 1 aromatic carbocycles. The Bertz CT molecular complexity index is 987. The lowest BCUT2D eigenvalue weighted by atomic mass is 10.0. The van der Waals surface area contributed by atoms with Crippen LogP contribution < -0.4 is 9.64 Å². The zero-order valence-electron chi connectivity index (χ0n) is 20.0. The number of amides is 3. The van der Waals surface area contributed by atoms with Crippen molar-refractivity contribution in [2.75, 3.05) is 37.6 Å². The molecule has 1 unspecified atom stereocenters. The molecule has 8 nitrogen and oxygen atoms in total. The van der Waals surface area contributed by atoms with E-state index in [9.17, 15) is 9.59 Å². The van der Waals surface area contributed by atoms with Gasteiger partial charge in [0.25, 0.3) is 0 Å². The van der Waals surface area contributed by atoms with Crippen molar-refractivity contribution in [3.63, 3.8) is 0 Å². The number of ether oxygens (including phenoxy) is 1. The van der Waals surface area contributed by atoms with E-state index < -0.39 is 0 Å². The Labute approximate surface area is 195 Å². The van der Waals surface area contributed by atoms with Gasteiger partial charge in [-0.3, -0.25) is 9.69 Å². The van der Waals surface area contributed by atoms with Crippen molar-refractivity contribution in [2.24, 2.45) is 0 Å². The Balaban J connectivity index is 1.33. The molecule has 2 saturated heterocycles. The summed E-state index contributed by atoms with van der Waals surface area (Å²) in [4.78, 5) is 39.8. The maximum atomic E-state index is 13.0. The van der Waals surface area contributed by atoms with Gasteiger partial charge in [0.05, 0.1) is 6.54 Å². The Morgan fingerprint density at radius 3 is 2.45 bits per heavy atom. The Hall–Kier alpha value is -3.16. The van der Waals surface area contributed by atoms with E-state index in [1.807, 2.05) is 32.0 Å². The standard InChI is InChI=1S/C25H33N5O3/c1-17(2)20-7-9-21(10-8-20)30-13-12-29(25(30)32)16-23(31)28-11-5-6-22(15-28)33-24-26-18(3)14-19(4)27-24/h7-10,14,17,22H,5-6,11-13,15-16H2,1-4H3. The number of piperidine rings is 1. The zero-order valence-corrected chi connectivity index (χ0v) is 20.0. The molecule has 0 saturated carbocycles. The van der Waals surface area contributed by atoms with Crippen LogP contribution in [-0.4, -0.2) is 70.5 Å². The van der Waals surface area contributed by atoms with E-state index in [2.05, 4.69) is 35.9 Å². The van der Waals surface area contributed by atoms with E-state index in [-0.39, 0.29) is 24.6 Å². The summed E-state index contributed by atoms with van der Waals surface area (Å²) in [5.74, 6) is 0.399. The number of anilines is 1. The number of aryl methyl sites for hydroxylation is 2. The van der Waals surface area contributed by atoms with Crippen LogP contribution in [0.5, 0.6) is 6.01 Å². The number of rotatable bonds is 6. The number of aromatic nitrogens is 2. The Kier molecular flexibility index (Phi) is 6.81. The first-order chi connectivity index (χ1) is 15.8. The lowest BCUT2D eigenvalue weighted by Gasteiger charge is -2.33. The van der Waals surface area contributed by atoms with E-state index in [0.717, 1.165) is 29.9 Å². The molecule has 3 amide bonds. The molecule has 0 spiro atoms. The first-order valence-electron chi connectivity index (χ1n) is 11.7. The highest BCUT2D eigenvalue weighted by atomic mass is 16.5. The van der Waals surface area contributed by atoms with Crippen LogP contribution in [0.4, 0.5) is 10.5 Å². The van der Waals surface area contributed by atoms with Gasteiger partial charge in [0.15, 0.2) is 0 Å². The van der Waals surface area contributed by atoms with Crippen LogP contribution in [0.2, 0.25) is 0 Å². The normalized spacial score (nSPS) is 18.9. The van der Waals surface area contributed by atoms with E-state index >= 15 is 0 Å². The van der Waals surface area contributed by atoms with Gasteiger partial charge < -0.3 is 14.5 Å². The van der Waals surface area contributed by atoms with E-state index in [1.54, 1.807) is 14.7 Å². The molecule has 2 aromatic rings. The second-order valence-corrected chi connectivity index (χ2v) is 9.26. The summed E-state index contributed by atoms with van der Waals surface area (Å²) in [5, 5.41) is 0. The highest BCUT2D eigenvalue weighted by Gasteiger charge is 2.33. The van der Waals surface area contributed by atoms with Crippen molar-refractivity contribution in [1.29, 1.82) is 0 Å². The monoisotopic (exact) mass is 451 g/mol. The number of hydrogen-bond donors (Lipinski definition) is 0. The first kappa shape index (κ1) is 23.0. The highest BCUT2D eigenvalue weighted by molar-refractivity contribution is 5.96. The lowest BCUT2D eigenvalue weighted by molar-refractivity contribution is -0.134. The predicted molar refractivity (Wildman–Crippen MR) is 127 cm³/mol. The summed E-state index contributed by atoms with van der Waals surface area (Å²) in [5.41, 5.74) is 3.83. The average molecular weight is 452 g/mol. The van der Waals surface area contributed by atoms with Gasteiger partial charge in [-0.05, 0) is 56.4 Å². The Morgan fingerprint density at radius 2 is 1.79 bits per heavy atom. The molecule has 0 radical (unpaired) electrons. The van der Waals surface area contributed by atoms with Crippen LogP contribution in [-0.2, 0) is 4.79 Å². The van der Waals surface area contributed by atoms with Crippen LogP contribution >= 0.6 is 0 Å².